The van der Waals surface area contributed by atoms with E-state index in [2.05, 4.69) is 13.8 Å². The number of hydrogen-bond acceptors (Lipinski definition) is 0. The Balaban J connectivity index is 2.76. The first kappa shape index (κ1) is 13.8. The summed E-state index contributed by atoms with van der Waals surface area (Å²) in [6.45, 7) is 4.59. The van der Waals surface area contributed by atoms with Crippen LogP contribution in [0.1, 0.15) is 65.2 Å². The topological polar surface area (TPSA) is 0 Å². The fraction of sp³-hybridized carbons (Fsp3) is 1.00. The normalized spacial score (nSPS) is 10.6. The summed E-state index contributed by atoms with van der Waals surface area (Å²) in [6.07, 6.45) is 11.7. The average Bonchev–Trinajstić information content (AvgIpc) is 2.16. The Morgan fingerprint density at radius 3 is 1.46 bits per heavy atom. The van der Waals surface area contributed by atoms with Gasteiger partial charge in [0.25, 0.3) is 0 Å². The summed E-state index contributed by atoms with van der Waals surface area (Å²) in [4.78, 5) is 0. The molecule has 80 valence electrons. The number of rotatable bonds is 10. The molecule has 0 fully saturated rings. The standard InChI is InChI=1S/C12H26Te/c1-3-5-7-9-11-13-12-10-8-6-4-2/h3-12H2,1-2H3. The molecule has 13 heavy (non-hydrogen) atoms. The Kier molecular flexibility index (Phi) is 13.6. The molecule has 0 aromatic heterocycles. The third-order valence-electron chi connectivity index (χ3n) is 2.28. The summed E-state index contributed by atoms with van der Waals surface area (Å²) in [5.74, 6) is 0. The van der Waals surface area contributed by atoms with Gasteiger partial charge in [0, 0.05) is 0 Å². The van der Waals surface area contributed by atoms with Gasteiger partial charge in [-0.1, -0.05) is 0 Å². The van der Waals surface area contributed by atoms with Crippen LogP contribution in [-0.2, 0) is 0 Å². The average molecular weight is 298 g/mol. The molecule has 0 radical (unpaired) electrons. The zero-order valence-electron chi connectivity index (χ0n) is 9.48. The van der Waals surface area contributed by atoms with Gasteiger partial charge in [-0.2, -0.15) is 0 Å². The zero-order chi connectivity index (χ0) is 9.78. The minimum atomic E-state index is 0.427. The van der Waals surface area contributed by atoms with Crippen LogP contribution in [0.3, 0.4) is 0 Å². The fourth-order valence-corrected chi connectivity index (χ4v) is 4.28. The van der Waals surface area contributed by atoms with Crippen LogP contribution < -0.4 is 0 Å². The first-order valence-electron chi connectivity index (χ1n) is 5.99. The summed E-state index contributed by atoms with van der Waals surface area (Å²) in [6, 6.07) is 0. The Bertz CT molecular complexity index is 71.2. The fourth-order valence-electron chi connectivity index (χ4n) is 1.36. The molecule has 0 N–H and O–H groups in total. The molecule has 0 aromatic rings. The molecule has 0 amide bonds. The van der Waals surface area contributed by atoms with Crippen LogP contribution in [0.5, 0.6) is 0 Å². The van der Waals surface area contributed by atoms with E-state index in [-0.39, 0.29) is 0 Å². The van der Waals surface area contributed by atoms with E-state index in [4.69, 9.17) is 0 Å². The second-order valence-corrected chi connectivity index (χ2v) is 7.23. The van der Waals surface area contributed by atoms with Gasteiger partial charge in [-0.15, -0.1) is 0 Å². The van der Waals surface area contributed by atoms with Crippen molar-refractivity contribution in [3.63, 3.8) is 0 Å². The maximum absolute atomic E-state index is 2.29. The molecule has 0 heterocycles. The van der Waals surface area contributed by atoms with Crippen molar-refractivity contribution < 1.29 is 0 Å². The molecule has 0 aliphatic rings. The molecule has 1 heteroatoms. The van der Waals surface area contributed by atoms with Gasteiger partial charge in [0.2, 0.25) is 0 Å². The van der Waals surface area contributed by atoms with Crippen molar-refractivity contribution in [2.24, 2.45) is 0 Å². The van der Waals surface area contributed by atoms with Crippen LogP contribution in [0.2, 0.25) is 8.94 Å². The van der Waals surface area contributed by atoms with E-state index in [1.54, 1.807) is 8.94 Å². The summed E-state index contributed by atoms with van der Waals surface area (Å²) < 4.78 is 3.22. The minimum absolute atomic E-state index is 0.427. The van der Waals surface area contributed by atoms with E-state index in [0.29, 0.717) is 20.9 Å². The van der Waals surface area contributed by atoms with Crippen molar-refractivity contribution in [2.75, 3.05) is 0 Å². The molecular formula is C12H26Te. The Morgan fingerprint density at radius 1 is 0.615 bits per heavy atom. The molecule has 0 atom stereocenters. The van der Waals surface area contributed by atoms with E-state index in [1.807, 2.05) is 0 Å². The molecule has 0 aliphatic carbocycles. The van der Waals surface area contributed by atoms with Crippen LogP contribution in [0.15, 0.2) is 0 Å². The summed E-state index contributed by atoms with van der Waals surface area (Å²) >= 11 is 0.427. The Hall–Kier alpha value is 0.790. The van der Waals surface area contributed by atoms with Gasteiger partial charge >= 0.3 is 95.1 Å². The second-order valence-electron chi connectivity index (χ2n) is 3.73. The van der Waals surface area contributed by atoms with Crippen LogP contribution in [0.4, 0.5) is 0 Å². The van der Waals surface area contributed by atoms with E-state index < -0.39 is 0 Å². The molecule has 0 aliphatic heterocycles. The summed E-state index contributed by atoms with van der Waals surface area (Å²) in [5.41, 5.74) is 0. The summed E-state index contributed by atoms with van der Waals surface area (Å²) in [5, 5.41) is 0. The third kappa shape index (κ3) is 12.8. The quantitative estimate of drug-likeness (QED) is 0.405. The molecular weight excluding hydrogens is 272 g/mol. The SMILES string of the molecule is CCCCCC[Te]CCCCCC. The van der Waals surface area contributed by atoms with Crippen LogP contribution >= 0.6 is 0 Å². The maximum atomic E-state index is 2.29. The van der Waals surface area contributed by atoms with Gasteiger partial charge in [-0.05, 0) is 0 Å². The summed E-state index contributed by atoms with van der Waals surface area (Å²) in [7, 11) is 0. The first-order chi connectivity index (χ1) is 6.41. The van der Waals surface area contributed by atoms with Crippen molar-refractivity contribution in [1.29, 1.82) is 0 Å². The van der Waals surface area contributed by atoms with Crippen LogP contribution in [-0.4, -0.2) is 20.9 Å². The first-order valence-corrected chi connectivity index (χ1v) is 9.29. The monoisotopic (exact) mass is 300 g/mol. The van der Waals surface area contributed by atoms with Crippen molar-refractivity contribution in [3.8, 4) is 0 Å². The van der Waals surface area contributed by atoms with Crippen LogP contribution in [0.25, 0.3) is 0 Å². The van der Waals surface area contributed by atoms with Crippen LogP contribution in [0, 0.1) is 0 Å². The van der Waals surface area contributed by atoms with Crippen molar-refractivity contribution in [1.82, 2.24) is 0 Å². The van der Waals surface area contributed by atoms with Crippen molar-refractivity contribution in [2.45, 2.75) is 74.2 Å². The molecule has 0 saturated carbocycles. The second kappa shape index (κ2) is 12.8. The Morgan fingerprint density at radius 2 is 1.08 bits per heavy atom. The van der Waals surface area contributed by atoms with E-state index >= 15 is 0 Å². The van der Waals surface area contributed by atoms with Gasteiger partial charge in [0.15, 0.2) is 0 Å². The van der Waals surface area contributed by atoms with Gasteiger partial charge in [-0.3, -0.25) is 0 Å². The zero-order valence-corrected chi connectivity index (χ0v) is 11.8. The molecule has 0 spiro atoms. The van der Waals surface area contributed by atoms with E-state index in [0.717, 1.165) is 0 Å². The van der Waals surface area contributed by atoms with E-state index in [1.165, 1.54) is 51.4 Å². The molecule has 0 unspecified atom stereocenters. The van der Waals surface area contributed by atoms with E-state index in [9.17, 15) is 0 Å². The van der Waals surface area contributed by atoms with Gasteiger partial charge in [0.05, 0.1) is 0 Å². The molecule has 0 saturated heterocycles. The Labute approximate surface area is 95.0 Å². The predicted molar refractivity (Wildman–Crippen MR) is 63.7 cm³/mol. The van der Waals surface area contributed by atoms with Gasteiger partial charge < -0.3 is 0 Å². The number of hydrogen-bond donors (Lipinski definition) is 0. The van der Waals surface area contributed by atoms with Crippen molar-refractivity contribution in [3.05, 3.63) is 0 Å². The molecule has 0 aromatic carbocycles. The molecule has 0 bridgehead atoms. The molecule has 0 rings (SSSR count). The predicted octanol–water partition coefficient (Wildman–Crippen LogP) is 4.69. The third-order valence-corrected chi connectivity index (χ3v) is 5.58. The van der Waals surface area contributed by atoms with Crippen molar-refractivity contribution >= 4 is 20.9 Å². The molecule has 0 nitrogen and oxygen atoms in total. The van der Waals surface area contributed by atoms with Gasteiger partial charge in [0.1, 0.15) is 0 Å². The number of unbranched alkanes of at least 4 members (excludes halogenated alkanes) is 6. The van der Waals surface area contributed by atoms with Gasteiger partial charge in [-0.25, -0.2) is 0 Å².